The second-order valence-corrected chi connectivity index (χ2v) is 3.78. The van der Waals surface area contributed by atoms with Gasteiger partial charge in [0.25, 0.3) is 0 Å². The minimum absolute atomic E-state index is 0.599. The summed E-state index contributed by atoms with van der Waals surface area (Å²) in [4.78, 5) is 6.60. The molecule has 1 fully saturated rings. The second kappa shape index (κ2) is 3.88. The van der Waals surface area contributed by atoms with Crippen molar-refractivity contribution in [2.45, 2.75) is 25.3 Å². The van der Waals surface area contributed by atoms with Crippen molar-refractivity contribution in [3.8, 4) is 0 Å². The van der Waals surface area contributed by atoms with Crippen LogP contribution in [0.1, 0.15) is 30.9 Å². The number of rotatable bonds is 1. The molecule has 1 aromatic heterocycles. The lowest BCUT2D eigenvalue weighted by Crippen LogP contribution is -2.29. The number of hydrogen-bond acceptors (Lipinski definition) is 2. The van der Waals surface area contributed by atoms with Gasteiger partial charge in [-0.15, -0.1) is 0 Å². The first kappa shape index (κ1) is 8.70. The van der Waals surface area contributed by atoms with Gasteiger partial charge in [-0.1, -0.05) is 12.5 Å². The van der Waals surface area contributed by atoms with Crippen LogP contribution in [0, 0.1) is 0 Å². The van der Waals surface area contributed by atoms with Crippen LogP contribution in [-0.4, -0.2) is 23.5 Å². The molecule has 1 aliphatic rings. The zero-order valence-electron chi connectivity index (χ0n) is 8.11. The predicted octanol–water partition coefficient (Wildman–Crippen LogP) is 2.24. The SMILES string of the molecule is CN1CCCC[C@@H]1c1cccnc1. The molecule has 70 valence electrons. The molecule has 0 spiro atoms. The molecule has 2 heterocycles. The zero-order chi connectivity index (χ0) is 9.10. The molecule has 0 aliphatic carbocycles. The van der Waals surface area contributed by atoms with E-state index in [1.54, 1.807) is 0 Å². The van der Waals surface area contributed by atoms with Crippen molar-refractivity contribution in [2.24, 2.45) is 0 Å². The summed E-state index contributed by atoms with van der Waals surface area (Å²) in [6.07, 6.45) is 7.80. The molecule has 0 aromatic carbocycles. The second-order valence-electron chi connectivity index (χ2n) is 3.78. The average molecular weight is 176 g/mol. The summed E-state index contributed by atoms with van der Waals surface area (Å²) >= 11 is 0. The van der Waals surface area contributed by atoms with Crippen molar-refractivity contribution in [3.63, 3.8) is 0 Å². The van der Waals surface area contributed by atoms with Crippen molar-refractivity contribution in [2.75, 3.05) is 13.6 Å². The molecule has 0 saturated carbocycles. The fourth-order valence-electron chi connectivity index (χ4n) is 2.07. The fourth-order valence-corrected chi connectivity index (χ4v) is 2.07. The smallest absolute Gasteiger partial charge is 0.0360 e. The molecule has 0 N–H and O–H groups in total. The van der Waals surface area contributed by atoms with Gasteiger partial charge in [0, 0.05) is 18.4 Å². The van der Waals surface area contributed by atoms with Crippen molar-refractivity contribution < 1.29 is 0 Å². The number of likely N-dealkylation sites (tertiary alicyclic amines) is 1. The Morgan fingerprint density at radius 2 is 2.38 bits per heavy atom. The van der Waals surface area contributed by atoms with Gasteiger partial charge in [0.1, 0.15) is 0 Å². The standard InChI is InChI=1S/C11H16N2/c1-13-8-3-2-6-11(13)10-5-4-7-12-9-10/h4-5,7,9,11H,2-3,6,8H2,1H3/t11-/m1/s1. The van der Waals surface area contributed by atoms with Gasteiger partial charge in [-0.2, -0.15) is 0 Å². The zero-order valence-corrected chi connectivity index (χ0v) is 8.11. The van der Waals surface area contributed by atoms with Gasteiger partial charge in [0.05, 0.1) is 0 Å². The summed E-state index contributed by atoms with van der Waals surface area (Å²) < 4.78 is 0. The lowest BCUT2D eigenvalue weighted by atomic mass is 9.97. The molecule has 1 atom stereocenters. The maximum atomic E-state index is 4.17. The number of nitrogens with zero attached hydrogens (tertiary/aromatic N) is 2. The molecule has 0 amide bonds. The molecule has 13 heavy (non-hydrogen) atoms. The quantitative estimate of drug-likeness (QED) is 0.652. The van der Waals surface area contributed by atoms with E-state index < -0.39 is 0 Å². The van der Waals surface area contributed by atoms with Gasteiger partial charge in [0.2, 0.25) is 0 Å². The van der Waals surface area contributed by atoms with Gasteiger partial charge >= 0.3 is 0 Å². The van der Waals surface area contributed by atoms with E-state index in [0.717, 1.165) is 0 Å². The highest BCUT2D eigenvalue weighted by atomic mass is 15.1. The summed E-state index contributed by atoms with van der Waals surface area (Å²) in [7, 11) is 2.21. The summed E-state index contributed by atoms with van der Waals surface area (Å²) in [6, 6.07) is 4.81. The third-order valence-electron chi connectivity index (χ3n) is 2.84. The molecule has 0 bridgehead atoms. The van der Waals surface area contributed by atoms with Crippen LogP contribution < -0.4 is 0 Å². The average Bonchev–Trinajstić information content (AvgIpc) is 2.20. The first-order valence-corrected chi connectivity index (χ1v) is 4.98. The summed E-state index contributed by atoms with van der Waals surface area (Å²) in [5.41, 5.74) is 1.37. The van der Waals surface area contributed by atoms with E-state index in [4.69, 9.17) is 0 Å². The lowest BCUT2D eigenvalue weighted by Gasteiger charge is -2.32. The Morgan fingerprint density at radius 3 is 3.08 bits per heavy atom. The third-order valence-corrected chi connectivity index (χ3v) is 2.84. The molecular formula is C11H16N2. The van der Waals surface area contributed by atoms with Gasteiger partial charge in [-0.3, -0.25) is 9.88 Å². The predicted molar refractivity (Wildman–Crippen MR) is 53.5 cm³/mol. The first-order chi connectivity index (χ1) is 6.38. The van der Waals surface area contributed by atoms with Gasteiger partial charge in [0.15, 0.2) is 0 Å². The van der Waals surface area contributed by atoms with E-state index in [9.17, 15) is 0 Å². The number of hydrogen-bond donors (Lipinski definition) is 0. The minimum atomic E-state index is 0.599. The van der Waals surface area contributed by atoms with Crippen LogP contribution in [0.4, 0.5) is 0 Å². The van der Waals surface area contributed by atoms with E-state index in [2.05, 4.69) is 23.0 Å². The van der Waals surface area contributed by atoms with Crippen LogP contribution in [0.5, 0.6) is 0 Å². The van der Waals surface area contributed by atoms with Gasteiger partial charge in [-0.05, 0) is 38.1 Å². The first-order valence-electron chi connectivity index (χ1n) is 4.98. The Kier molecular flexibility index (Phi) is 2.60. The number of aromatic nitrogens is 1. The Hall–Kier alpha value is -0.890. The van der Waals surface area contributed by atoms with E-state index in [-0.39, 0.29) is 0 Å². The largest absolute Gasteiger partial charge is 0.299 e. The van der Waals surface area contributed by atoms with E-state index in [1.165, 1.54) is 31.4 Å². The summed E-state index contributed by atoms with van der Waals surface area (Å²) in [5.74, 6) is 0. The highest BCUT2D eigenvalue weighted by Gasteiger charge is 2.19. The number of pyridine rings is 1. The summed E-state index contributed by atoms with van der Waals surface area (Å²) in [6.45, 7) is 1.22. The topological polar surface area (TPSA) is 16.1 Å². The van der Waals surface area contributed by atoms with E-state index >= 15 is 0 Å². The highest BCUT2D eigenvalue weighted by molar-refractivity contribution is 5.14. The molecule has 1 aromatic rings. The third kappa shape index (κ3) is 1.89. The van der Waals surface area contributed by atoms with E-state index in [0.29, 0.717) is 6.04 Å². The Labute approximate surface area is 79.6 Å². The monoisotopic (exact) mass is 176 g/mol. The van der Waals surface area contributed by atoms with Crippen LogP contribution in [0.2, 0.25) is 0 Å². The van der Waals surface area contributed by atoms with E-state index in [1.807, 2.05) is 18.5 Å². The maximum absolute atomic E-state index is 4.17. The van der Waals surface area contributed by atoms with Crippen molar-refractivity contribution in [1.82, 2.24) is 9.88 Å². The lowest BCUT2D eigenvalue weighted by molar-refractivity contribution is 0.187. The fraction of sp³-hybridized carbons (Fsp3) is 0.545. The molecule has 2 nitrogen and oxygen atoms in total. The minimum Gasteiger partial charge on any atom is -0.299 e. The van der Waals surface area contributed by atoms with Crippen LogP contribution in [0.15, 0.2) is 24.5 Å². The van der Waals surface area contributed by atoms with Crippen molar-refractivity contribution in [1.29, 1.82) is 0 Å². The molecule has 2 rings (SSSR count). The molecule has 1 aliphatic heterocycles. The van der Waals surface area contributed by atoms with Crippen LogP contribution in [-0.2, 0) is 0 Å². The number of piperidine rings is 1. The van der Waals surface area contributed by atoms with Crippen molar-refractivity contribution in [3.05, 3.63) is 30.1 Å². The normalized spacial score (nSPS) is 24.5. The van der Waals surface area contributed by atoms with Crippen molar-refractivity contribution >= 4 is 0 Å². The molecule has 2 heteroatoms. The van der Waals surface area contributed by atoms with Gasteiger partial charge < -0.3 is 0 Å². The summed E-state index contributed by atoms with van der Waals surface area (Å²) in [5, 5.41) is 0. The van der Waals surface area contributed by atoms with Crippen LogP contribution in [0.3, 0.4) is 0 Å². The molecular weight excluding hydrogens is 160 g/mol. The Bertz CT molecular complexity index is 258. The molecule has 0 unspecified atom stereocenters. The Balaban J connectivity index is 2.15. The Morgan fingerprint density at radius 1 is 1.46 bits per heavy atom. The van der Waals surface area contributed by atoms with Crippen LogP contribution in [0.25, 0.3) is 0 Å². The van der Waals surface area contributed by atoms with Gasteiger partial charge in [-0.25, -0.2) is 0 Å². The molecule has 1 saturated heterocycles. The molecule has 0 radical (unpaired) electrons. The van der Waals surface area contributed by atoms with Crippen LogP contribution >= 0.6 is 0 Å². The highest BCUT2D eigenvalue weighted by Crippen LogP contribution is 2.28. The maximum Gasteiger partial charge on any atom is 0.0360 e.